The second-order valence-corrected chi connectivity index (χ2v) is 7.96. The van der Waals surface area contributed by atoms with Crippen LogP contribution in [-0.2, 0) is 11.3 Å². The lowest BCUT2D eigenvalue weighted by atomic mass is 9.98. The highest BCUT2D eigenvalue weighted by Gasteiger charge is 2.32. The summed E-state index contributed by atoms with van der Waals surface area (Å²) in [4.78, 5) is 20.5. The van der Waals surface area contributed by atoms with Crippen molar-refractivity contribution in [1.82, 2.24) is 10.2 Å². The molecule has 0 radical (unpaired) electrons. The summed E-state index contributed by atoms with van der Waals surface area (Å²) in [5, 5.41) is 12.3. The standard InChI is InChI=1S/C24H26FN5O/c1-27-24(28-15-19-13-17(14-26)8-9-21(19)25)30-16-18(20-5-2-3-6-22(20)30)10-12-29-11-4-7-23(29)31/h2-3,5-6,8-9,13,18H,4,7,10-12,15-16H2,1H3,(H,27,28). The van der Waals surface area contributed by atoms with Gasteiger partial charge in [0, 0.05) is 56.8 Å². The summed E-state index contributed by atoms with van der Waals surface area (Å²) in [5.74, 6) is 0.856. The molecule has 0 spiro atoms. The number of hydrogen-bond acceptors (Lipinski definition) is 3. The summed E-state index contributed by atoms with van der Waals surface area (Å²) in [6.45, 7) is 2.61. The van der Waals surface area contributed by atoms with Crippen molar-refractivity contribution >= 4 is 17.6 Å². The Hall–Kier alpha value is -3.40. The molecule has 1 amide bonds. The van der Waals surface area contributed by atoms with Gasteiger partial charge in [0.25, 0.3) is 0 Å². The number of benzene rings is 2. The third kappa shape index (κ3) is 4.38. The van der Waals surface area contributed by atoms with Crippen LogP contribution in [0, 0.1) is 17.1 Å². The molecule has 1 fully saturated rings. The second kappa shape index (κ2) is 9.17. The minimum Gasteiger partial charge on any atom is -0.352 e. The number of carbonyl (C=O) groups excluding carboxylic acids is 1. The van der Waals surface area contributed by atoms with Gasteiger partial charge in [0.15, 0.2) is 5.96 Å². The van der Waals surface area contributed by atoms with E-state index in [1.165, 1.54) is 17.7 Å². The maximum atomic E-state index is 14.2. The number of para-hydroxylation sites is 1. The molecular formula is C24H26FN5O. The fourth-order valence-corrected chi connectivity index (χ4v) is 4.44. The van der Waals surface area contributed by atoms with Crippen molar-refractivity contribution in [3.8, 4) is 6.07 Å². The van der Waals surface area contributed by atoms with Crippen molar-refractivity contribution < 1.29 is 9.18 Å². The van der Waals surface area contributed by atoms with E-state index in [2.05, 4.69) is 27.3 Å². The molecule has 2 aliphatic rings. The van der Waals surface area contributed by atoms with Crippen LogP contribution in [0.2, 0.25) is 0 Å². The Morgan fingerprint density at radius 2 is 2.16 bits per heavy atom. The molecule has 0 aromatic heterocycles. The largest absolute Gasteiger partial charge is 0.352 e. The number of carbonyl (C=O) groups is 1. The van der Waals surface area contributed by atoms with Gasteiger partial charge in [0.1, 0.15) is 5.82 Å². The topological polar surface area (TPSA) is 71.7 Å². The number of aliphatic imine (C=N–C) groups is 1. The van der Waals surface area contributed by atoms with Crippen molar-refractivity contribution in [2.24, 2.45) is 4.99 Å². The van der Waals surface area contributed by atoms with Gasteiger partial charge in [-0.25, -0.2) is 4.39 Å². The van der Waals surface area contributed by atoms with Crippen LogP contribution in [0.3, 0.4) is 0 Å². The second-order valence-electron chi connectivity index (χ2n) is 7.96. The lowest BCUT2D eigenvalue weighted by molar-refractivity contribution is -0.127. The van der Waals surface area contributed by atoms with Gasteiger partial charge in [-0.2, -0.15) is 5.26 Å². The number of anilines is 1. The third-order valence-electron chi connectivity index (χ3n) is 6.07. The van der Waals surface area contributed by atoms with Crippen LogP contribution in [0.25, 0.3) is 0 Å². The smallest absolute Gasteiger partial charge is 0.222 e. The number of rotatable bonds is 5. The summed E-state index contributed by atoms with van der Waals surface area (Å²) in [6, 6.07) is 14.6. The molecule has 6 nitrogen and oxygen atoms in total. The molecule has 1 atom stereocenters. The quantitative estimate of drug-likeness (QED) is 0.596. The predicted molar refractivity (Wildman–Crippen MR) is 118 cm³/mol. The number of fused-ring (bicyclic) bond motifs is 1. The summed E-state index contributed by atoms with van der Waals surface area (Å²) in [6.07, 6.45) is 2.51. The molecule has 1 saturated heterocycles. The molecule has 4 rings (SSSR count). The van der Waals surface area contributed by atoms with E-state index in [1.54, 1.807) is 13.1 Å². The van der Waals surface area contributed by atoms with Gasteiger partial charge < -0.3 is 15.1 Å². The van der Waals surface area contributed by atoms with E-state index < -0.39 is 0 Å². The van der Waals surface area contributed by atoms with Gasteiger partial charge >= 0.3 is 0 Å². The first kappa shape index (κ1) is 20.9. The molecule has 1 N–H and O–H groups in total. The molecule has 2 aliphatic heterocycles. The first-order valence-corrected chi connectivity index (χ1v) is 10.6. The molecule has 7 heteroatoms. The van der Waals surface area contributed by atoms with E-state index in [-0.39, 0.29) is 18.3 Å². The van der Waals surface area contributed by atoms with Crippen molar-refractivity contribution in [1.29, 1.82) is 5.26 Å². The zero-order chi connectivity index (χ0) is 21.8. The van der Waals surface area contributed by atoms with Crippen molar-refractivity contribution in [2.75, 3.05) is 31.6 Å². The van der Waals surface area contributed by atoms with Gasteiger partial charge in [0.05, 0.1) is 11.6 Å². The minimum absolute atomic E-state index is 0.236. The average molecular weight is 420 g/mol. The molecule has 0 bridgehead atoms. The minimum atomic E-state index is -0.350. The van der Waals surface area contributed by atoms with E-state index in [4.69, 9.17) is 5.26 Å². The first-order valence-electron chi connectivity index (χ1n) is 10.6. The molecule has 2 aromatic carbocycles. The fourth-order valence-electron chi connectivity index (χ4n) is 4.44. The highest BCUT2D eigenvalue weighted by atomic mass is 19.1. The van der Waals surface area contributed by atoms with Crippen molar-refractivity contribution in [3.63, 3.8) is 0 Å². The zero-order valence-corrected chi connectivity index (χ0v) is 17.6. The van der Waals surface area contributed by atoms with E-state index >= 15 is 0 Å². The lowest BCUT2D eigenvalue weighted by Gasteiger charge is -2.23. The number of amides is 1. The number of halogens is 1. The van der Waals surface area contributed by atoms with E-state index in [1.807, 2.05) is 23.1 Å². The molecule has 2 heterocycles. The summed E-state index contributed by atoms with van der Waals surface area (Å²) < 4.78 is 14.2. The Kier molecular flexibility index (Phi) is 6.17. The third-order valence-corrected chi connectivity index (χ3v) is 6.07. The summed E-state index contributed by atoms with van der Waals surface area (Å²) in [5.41, 5.74) is 3.18. The van der Waals surface area contributed by atoms with Crippen LogP contribution in [0.1, 0.15) is 41.9 Å². The van der Waals surface area contributed by atoms with Gasteiger partial charge in [-0.05, 0) is 42.7 Å². The van der Waals surface area contributed by atoms with Crippen LogP contribution in [-0.4, -0.2) is 43.4 Å². The number of nitrogens with zero attached hydrogens (tertiary/aromatic N) is 4. The Morgan fingerprint density at radius 3 is 2.90 bits per heavy atom. The first-order chi connectivity index (χ1) is 15.1. The Bertz CT molecular complexity index is 1040. The molecule has 2 aromatic rings. The van der Waals surface area contributed by atoms with Crippen molar-refractivity contribution in [2.45, 2.75) is 31.7 Å². The highest BCUT2D eigenvalue weighted by Crippen LogP contribution is 2.38. The Labute approximate surface area is 182 Å². The van der Waals surface area contributed by atoms with Gasteiger partial charge in [-0.15, -0.1) is 0 Å². The monoisotopic (exact) mass is 419 g/mol. The van der Waals surface area contributed by atoms with E-state index in [0.29, 0.717) is 29.4 Å². The molecule has 1 unspecified atom stereocenters. The number of nitrogens with one attached hydrogen (secondary N) is 1. The fraction of sp³-hybridized carbons (Fsp3) is 0.375. The van der Waals surface area contributed by atoms with Gasteiger partial charge in [0.2, 0.25) is 5.91 Å². The van der Waals surface area contributed by atoms with Crippen LogP contribution in [0.5, 0.6) is 0 Å². The molecule has 160 valence electrons. The Morgan fingerprint density at radius 1 is 1.32 bits per heavy atom. The number of guanidine groups is 1. The molecule has 31 heavy (non-hydrogen) atoms. The molecular weight excluding hydrogens is 393 g/mol. The average Bonchev–Trinajstić information content (AvgIpc) is 3.37. The maximum Gasteiger partial charge on any atom is 0.222 e. The number of likely N-dealkylation sites (tertiary alicyclic amines) is 1. The maximum absolute atomic E-state index is 14.2. The summed E-state index contributed by atoms with van der Waals surface area (Å²) in [7, 11) is 1.71. The number of nitriles is 1. The Balaban J connectivity index is 1.47. The van der Waals surface area contributed by atoms with Gasteiger partial charge in [-0.1, -0.05) is 18.2 Å². The molecule has 0 saturated carbocycles. The van der Waals surface area contributed by atoms with E-state index in [9.17, 15) is 9.18 Å². The SMILES string of the molecule is CN=C(NCc1cc(C#N)ccc1F)N1CC(CCN2CCCC2=O)c2ccccc21. The zero-order valence-electron chi connectivity index (χ0n) is 17.6. The summed E-state index contributed by atoms with van der Waals surface area (Å²) >= 11 is 0. The van der Waals surface area contributed by atoms with Crippen molar-refractivity contribution in [3.05, 3.63) is 65.0 Å². The molecule has 0 aliphatic carbocycles. The van der Waals surface area contributed by atoms with Crippen LogP contribution in [0.4, 0.5) is 10.1 Å². The van der Waals surface area contributed by atoms with Crippen LogP contribution >= 0.6 is 0 Å². The van der Waals surface area contributed by atoms with Crippen LogP contribution < -0.4 is 10.2 Å². The number of hydrogen-bond donors (Lipinski definition) is 1. The predicted octanol–water partition coefficient (Wildman–Crippen LogP) is 3.39. The van der Waals surface area contributed by atoms with Crippen LogP contribution in [0.15, 0.2) is 47.5 Å². The van der Waals surface area contributed by atoms with Gasteiger partial charge in [-0.3, -0.25) is 9.79 Å². The normalized spacial score (nSPS) is 18.3. The van der Waals surface area contributed by atoms with E-state index in [0.717, 1.165) is 38.2 Å². The lowest BCUT2D eigenvalue weighted by Crippen LogP contribution is -2.41. The highest BCUT2D eigenvalue weighted by molar-refractivity contribution is 5.98.